The first kappa shape index (κ1) is 13.3. The molecule has 20 heavy (non-hydrogen) atoms. The van der Waals surface area contributed by atoms with Gasteiger partial charge < -0.3 is 30.8 Å². The number of nitrogen functional groups attached to an aromatic ring is 1. The highest BCUT2D eigenvalue weighted by molar-refractivity contribution is 5.78. The number of nitrogens with zero attached hydrogens (tertiary/aromatic N) is 1. The molecule has 0 bridgehead atoms. The van der Waals surface area contributed by atoms with Gasteiger partial charge in [0.2, 0.25) is 0 Å². The highest BCUT2D eigenvalue weighted by atomic mass is 16.6. The zero-order chi connectivity index (χ0) is 14.5. The fourth-order valence-electron chi connectivity index (χ4n) is 2.57. The Labute approximate surface area is 115 Å². The molecule has 0 spiro atoms. The maximum absolute atomic E-state index is 10.4. The molecule has 0 unspecified atom stereocenters. The van der Waals surface area contributed by atoms with Gasteiger partial charge in [-0.2, -0.15) is 0 Å². The summed E-state index contributed by atoms with van der Waals surface area (Å²) in [7, 11) is 0. The van der Waals surface area contributed by atoms with Crippen LogP contribution in [0.25, 0.3) is 11.0 Å². The Morgan fingerprint density at radius 3 is 2.90 bits per heavy atom. The van der Waals surface area contributed by atoms with Crippen LogP contribution in [0.2, 0.25) is 0 Å². The first-order valence-electron chi connectivity index (χ1n) is 6.35. The quantitative estimate of drug-likeness (QED) is 0.480. The SMILES string of the molecule is C[C@@]1(O)[C@H](O)[C@@H](CO)O[C@H]1c1nc2ccc(N)cc2[nH]1. The summed E-state index contributed by atoms with van der Waals surface area (Å²) in [4.78, 5) is 7.38. The smallest absolute Gasteiger partial charge is 0.147 e. The van der Waals surface area contributed by atoms with E-state index in [1.165, 1.54) is 6.92 Å². The van der Waals surface area contributed by atoms with Crippen molar-refractivity contribution in [1.82, 2.24) is 9.97 Å². The van der Waals surface area contributed by atoms with Crippen molar-refractivity contribution in [2.24, 2.45) is 0 Å². The van der Waals surface area contributed by atoms with Gasteiger partial charge in [0.25, 0.3) is 0 Å². The van der Waals surface area contributed by atoms with E-state index in [9.17, 15) is 10.2 Å². The number of nitrogens with two attached hydrogens (primary N) is 1. The second-order valence-electron chi connectivity index (χ2n) is 5.31. The third-order valence-electron chi connectivity index (χ3n) is 3.75. The second-order valence-corrected chi connectivity index (χ2v) is 5.31. The molecule has 7 nitrogen and oxygen atoms in total. The van der Waals surface area contributed by atoms with Crippen molar-refractivity contribution in [3.05, 3.63) is 24.0 Å². The zero-order valence-corrected chi connectivity index (χ0v) is 10.9. The summed E-state index contributed by atoms with van der Waals surface area (Å²) in [6.07, 6.45) is -2.87. The number of fused-ring (bicyclic) bond motifs is 1. The number of aliphatic hydroxyl groups is 3. The molecule has 6 N–H and O–H groups in total. The molecule has 7 heteroatoms. The molecule has 0 amide bonds. The summed E-state index contributed by atoms with van der Waals surface area (Å²) >= 11 is 0. The molecule has 3 rings (SSSR count). The highest BCUT2D eigenvalue weighted by Gasteiger charge is 2.53. The number of anilines is 1. The lowest BCUT2D eigenvalue weighted by Crippen LogP contribution is -2.43. The van der Waals surface area contributed by atoms with E-state index in [-0.39, 0.29) is 6.61 Å². The van der Waals surface area contributed by atoms with Gasteiger partial charge in [-0.25, -0.2) is 4.98 Å². The minimum atomic E-state index is -1.53. The van der Waals surface area contributed by atoms with E-state index in [0.29, 0.717) is 17.0 Å². The van der Waals surface area contributed by atoms with E-state index in [1.807, 2.05) is 0 Å². The average molecular weight is 279 g/mol. The molecule has 0 aliphatic carbocycles. The van der Waals surface area contributed by atoms with E-state index in [0.717, 1.165) is 5.52 Å². The monoisotopic (exact) mass is 279 g/mol. The highest BCUT2D eigenvalue weighted by Crippen LogP contribution is 2.40. The molecule has 1 saturated heterocycles. The Kier molecular flexibility index (Phi) is 2.94. The Morgan fingerprint density at radius 2 is 2.25 bits per heavy atom. The van der Waals surface area contributed by atoms with Crippen LogP contribution < -0.4 is 5.73 Å². The summed E-state index contributed by atoms with van der Waals surface area (Å²) in [6, 6.07) is 5.22. The first-order valence-corrected chi connectivity index (χ1v) is 6.35. The van der Waals surface area contributed by atoms with Crippen molar-refractivity contribution in [2.75, 3.05) is 12.3 Å². The second kappa shape index (κ2) is 4.42. The number of aliphatic hydroxyl groups excluding tert-OH is 2. The van der Waals surface area contributed by atoms with Gasteiger partial charge in [-0.15, -0.1) is 0 Å². The molecule has 1 aliphatic rings. The van der Waals surface area contributed by atoms with Crippen LogP contribution in [0.5, 0.6) is 0 Å². The molecular weight excluding hydrogens is 262 g/mol. The lowest BCUT2D eigenvalue weighted by Gasteiger charge is -2.25. The molecule has 1 aromatic carbocycles. The number of hydrogen-bond donors (Lipinski definition) is 5. The predicted octanol–water partition coefficient (Wildman–Crippen LogP) is -0.311. The number of aromatic amines is 1. The van der Waals surface area contributed by atoms with Crippen LogP contribution in [0.4, 0.5) is 5.69 Å². The molecule has 4 atom stereocenters. The van der Waals surface area contributed by atoms with Crippen LogP contribution in [-0.4, -0.2) is 49.7 Å². The van der Waals surface area contributed by atoms with Crippen molar-refractivity contribution in [2.45, 2.75) is 30.8 Å². The van der Waals surface area contributed by atoms with Crippen molar-refractivity contribution in [3.8, 4) is 0 Å². The molecule has 108 valence electrons. The third kappa shape index (κ3) is 1.87. The number of imidazole rings is 1. The maximum Gasteiger partial charge on any atom is 0.147 e. The number of H-pyrrole nitrogens is 1. The molecule has 2 aromatic rings. The topological polar surface area (TPSA) is 125 Å². The third-order valence-corrected chi connectivity index (χ3v) is 3.75. The summed E-state index contributed by atoms with van der Waals surface area (Å²) in [5.41, 5.74) is 6.18. The first-order chi connectivity index (χ1) is 9.43. The molecule has 1 fully saturated rings. The Balaban J connectivity index is 2.02. The summed E-state index contributed by atoms with van der Waals surface area (Å²) < 4.78 is 5.51. The van der Waals surface area contributed by atoms with Gasteiger partial charge in [-0.05, 0) is 25.1 Å². The van der Waals surface area contributed by atoms with Gasteiger partial charge in [-0.1, -0.05) is 0 Å². The predicted molar refractivity (Wildman–Crippen MR) is 71.8 cm³/mol. The van der Waals surface area contributed by atoms with E-state index >= 15 is 0 Å². The lowest BCUT2D eigenvalue weighted by atomic mass is 9.92. The van der Waals surface area contributed by atoms with Gasteiger partial charge in [0.1, 0.15) is 29.7 Å². The summed E-state index contributed by atoms with van der Waals surface area (Å²) in [6.45, 7) is 1.08. The van der Waals surface area contributed by atoms with Crippen molar-refractivity contribution in [3.63, 3.8) is 0 Å². The van der Waals surface area contributed by atoms with Gasteiger partial charge in [-0.3, -0.25) is 0 Å². The van der Waals surface area contributed by atoms with Gasteiger partial charge in [0.15, 0.2) is 0 Å². The standard InChI is InChI=1S/C13H17N3O4/c1-13(19)10(18)9(5-17)20-11(13)12-15-7-3-2-6(14)4-8(7)16-12/h2-4,9-11,17-19H,5,14H2,1H3,(H,15,16)/t9-,10-,11+,13-/m1/s1. The van der Waals surface area contributed by atoms with E-state index in [1.54, 1.807) is 18.2 Å². The van der Waals surface area contributed by atoms with Crippen LogP contribution in [0, 0.1) is 0 Å². The minimum Gasteiger partial charge on any atom is -0.399 e. The maximum atomic E-state index is 10.4. The van der Waals surface area contributed by atoms with Crippen LogP contribution in [0.15, 0.2) is 18.2 Å². The normalized spacial score (nSPS) is 33.9. The molecule has 1 aromatic heterocycles. The van der Waals surface area contributed by atoms with Gasteiger partial charge >= 0.3 is 0 Å². The van der Waals surface area contributed by atoms with E-state index in [4.69, 9.17) is 15.6 Å². The number of aromatic nitrogens is 2. The molecule has 2 heterocycles. The van der Waals surface area contributed by atoms with E-state index in [2.05, 4.69) is 9.97 Å². The van der Waals surface area contributed by atoms with Crippen molar-refractivity contribution in [1.29, 1.82) is 0 Å². The van der Waals surface area contributed by atoms with Gasteiger partial charge in [0, 0.05) is 5.69 Å². The fraction of sp³-hybridized carbons (Fsp3) is 0.462. The van der Waals surface area contributed by atoms with E-state index < -0.39 is 23.9 Å². The van der Waals surface area contributed by atoms with Crippen LogP contribution in [0.3, 0.4) is 0 Å². The number of nitrogens with one attached hydrogen (secondary N) is 1. The molecule has 0 saturated carbocycles. The largest absolute Gasteiger partial charge is 0.399 e. The number of ether oxygens (including phenoxy) is 1. The average Bonchev–Trinajstić information content (AvgIpc) is 2.89. The molecule has 0 radical (unpaired) electrons. The van der Waals surface area contributed by atoms with Crippen LogP contribution >= 0.6 is 0 Å². The number of hydrogen-bond acceptors (Lipinski definition) is 6. The molecule has 1 aliphatic heterocycles. The van der Waals surface area contributed by atoms with Crippen molar-refractivity contribution < 1.29 is 20.1 Å². The number of rotatable bonds is 2. The Hall–Kier alpha value is -1.67. The Bertz CT molecular complexity index is 640. The van der Waals surface area contributed by atoms with Crippen LogP contribution in [0.1, 0.15) is 18.9 Å². The number of benzene rings is 1. The lowest BCUT2D eigenvalue weighted by molar-refractivity contribution is -0.0671. The Morgan fingerprint density at radius 1 is 1.50 bits per heavy atom. The van der Waals surface area contributed by atoms with Crippen molar-refractivity contribution >= 4 is 16.7 Å². The summed E-state index contributed by atoms with van der Waals surface area (Å²) in [5, 5.41) is 29.5. The zero-order valence-electron chi connectivity index (χ0n) is 10.9. The minimum absolute atomic E-state index is 0.374. The van der Waals surface area contributed by atoms with Gasteiger partial charge in [0.05, 0.1) is 17.6 Å². The molecular formula is C13H17N3O4. The fourth-order valence-corrected chi connectivity index (χ4v) is 2.57. The summed E-state index contributed by atoms with van der Waals surface area (Å²) in [5.74, 6) is 0.394. The van der Waals surface area contributed by atoms with Crippen LogP contribution in [-0.2, 0) is 4.74 Å².